The quantitative estimate of drug-likeness (QED) is 0.887. The van der Waals surface area contributed by atoms with Crippen molar-refractivity contribution >= 4 is 39.2 Å². The Balaban J connectivity index is 3.02. The lowest BCUT2D eigenvalue weighted by molar-refractivity contribution is -0.139. The van der Waals surface area contributed by atoms with Gasteiger partial charge in [-0.25, -0.2) is 9.59 Å². The number of hydrogen-bond donors (Lipinski definition) is 2. The van der Waals surface area contributed by atoms with Crippen LogP contribution >= 0.6 is 27.3 Å². The normalized spacial score (nSPS) is 10.0. The van der Waals surface area contributed by atoms with Crippen molar-refractivity contribution in [2.24, 2.45) is 0 Å². The predicted octanol–water partition coefficient (Wildman–Crippen LogP) is 1.98. The van der Waals surface area contributed by atoms with Crippen LogP contribution in [0.3, 0.4) is 0 Å². The largest absolute Gasteiger partial charge is 0.480 e. The lowest BCUT2D eigenvalue weighted by Crippen LogP contribution is -2.11. The topological polar surface area (TPSA) is 83.8 Å². The van der Waals surface area contributed by atoms with Gasteiger partial charge < -0.3 is 14.9 Å². The van der Waals surface area contributed by atoms with E-state index in [-0.39, 0.29) is 10.6 Å². The number of carboxylic acid groups (broad SMARTS) is 2. The van der Waals surface area contributed by atoms with Gasteiger partial charge in [-0.1, -0.05) is 0 Å². The molecular formula is C8H7BrO5S. The van der Waals surface area contributed by atoms with Crippen LogP contribution in [0, 0.1) is 6.92 Å². The van der Waals surface area contributed by atoms with Crippen LogP contribution in [0.5, 0.6) is 5.75 Å². The summed E-state index contributed by atoms with van der Waals surface area (Å²) in [5, 5.41) is 17.3. The van der Waals surface area contributed by atoms with Crippen LogP contribution in [0.4, 0.5) is 0 Å². The summed E-state index contributed by atoms with van der Waals surface area (Å²) in [5.74, 6) is -2.16. The minimum atomic E-state index is -1.15. The van der Waals surface area contributed by atoms with Crippen molar-refractivity contribution in [3.05, 3.63) is 14.2 Å². The predicted molar refractivity (Wildman–Crippen MR) is 56.8 cm³/mol. The highest BCUT2D eigenvalue weighted by molar-refractivity contribution is 9.11. The first-order chi connectivity index (χ1) is 6.93. The SMILES string of the molecule is Cc1c(Br)sc(C(=O)O)c1OCC(=O)O. The van der Waals surface area contributed by atoms with Gasteiger partial charge in [0.05, 0.1) is 3.79 Å². The van der Waals surface area contributed by atoms with Gasteiger partial charge in [-0.2, -0.15) is 0 Å². The van der Waals surface area contributed by atoms with Gasteiger partial charge in [0.25, 0.3) is 0 Å². The number of aliphatic carboxylic acids is 1. The van der Waals surface area contributed by atoms with E-state index in [1.165, 1.54) is 0 Å². The average molecular weight is 295 g/mol. The molecule has 0 saturated carbocycles. The molecule has 7 heteroatoms. The summed E-state index contributed by atoms with van der Waals surface area (Å²) in [7, 11) is 0. The Kier molecular flexibility index (Phi) is 3.70. The Bertz CT molecular complexity index is 411. The Morgan fingerprint density at radius 3 is 2.53 bits per heavy atom. The van der Waals surface area contributed by atoms with Crippen LogP contribution in [-0.4, -0.2) is 28.8 Å². The maximum Gasteiger partial charge on any atom is 0.349 e. The molecule has 0 spiro atoms. The van der Waals surface area contributed by atoms with Crippen LogP contribution in [0.2, 0.25) is 0 Å². The van der Waals surface area contributed by atoms with E-state index < -0.39 is 18.5 Å². The molecule has 1 aromatic heterocycles. The van der Waals surface area contributed by atoms with E-state index in [0.717, 1.165) is 11.3 Å². The Morgan fingerprint density at radius 1 is 1.47 bits per heavy atom. The van der Waals surface area contributed by atoms with E-state index in [2.05, 4.69) is 15.9 Å². The third kappa shape index (κ3) is 2.69. The van der Waals surface area contributed by atoms with E-state index in [0.29, 0.717) is 9.35 Å². The average Bonchev–Trinajstić information content (AvgIpc) is 2.41. The monoisotopic (exact) mass is 294 g/mol. The molecule has 0 radical (unpaired) electrons. The first-order valence-corrected chi connectivity index (χ1v) is 5.41. The zero-order chi connectivity index (χ0) is 11.6. The number of aromatic carboxylic acids is 1. The molecule has 0 saturated heterocycles. The van der Waals surface area contributed by atoms with Gasteiger partial charge in [0.15, 0.2) is 11.5 Å². The Hall–Kier alpha value is -1.08. The maximum absolute atomic E-state index is 10.8. The second-order valence-electron chi connectivity index (χ2n) is 2.65. The van der Waals surface area contributed by atoms with Gasteiger partial charge in [-0.3, -0.25) is 0 Å². The van der Waals surface area contributed by atoms with Crippen LogP contribution in [-0.2, 0) is 4.79 Å². The fourth-order valence-corrected chi connectivity index (χ4v) is 2.40. The highest BCUT2D eigenvalue weighted by Crippen LogP contribution is 2.38. The van der Waals surface area contributed by atoms with Crippen molar-refractivity contribution in [1.29, 1.82) is 0 Å². The minimum absolute atomic E-state index is 0.000579. The van der Waals surface area contributed by atoms with Crippen molar-refractivity contribution in [1.82, 2.24) is 0 Å². The summed E-state index contributed by atoms with van der Waals surface area (Å²) < 4.78 is 5.54. The summed E-state index contributed by atoms with van der Waals surface area (Å²) >= 11 is 4.17. The number of carbonyl (C=O) groups is 2. The lowest BCUT2D eigenvalue weighted by Gasteiger charge is -2.03. The zero-order valence-electron chi connectivity index (χ0n) is 7.61. The highest BCUT2D eigenvalue weighted by Gasteiger charge is 2.20. The second kappa shape index (κ2) is 4.63. The number of carboxylic acids is 2. The molecule has 0 aromatic carbocycles. The van der Waals surface area contributed by atoms with Crippen molar-refractivity contribution in [2.45, 2.75) is 6.92 Å². The van der Waals surface area contributed by atoms with Crippen LogP contribution in [0.25, 0.3) is 0 Å². The fraction of sp³-hybridized carbons (Fsp3) is 0.250. The van der Waals surface area contributed by atoms with Crippen molar-refractivity contribution in [3.8, 4) is 5.75 Å². The number of thiophene rings is 1. The van der Waals surface area contributed by atoms with Crippen LogP contribution < -0.4 is 4.74 Å². The highest BCUT2D eigenvalue weighted by atomic mass is 79.9. The molecule has 1 rings (SSSR count). The van der Waals surface area contributed by atoms with Crippen LogP contribution in [0.1, 0.15) is 15.2 Å². The first-order valence-electron chi connectivity index (χ1n) is 3.80. The number of ether oxygens (including phenoxy) is 1. The summed E-state index contributed by atoms with van der Waals surface area (Å²) in [5.41, 5.74) is 0.596. The molecule has 1 heterocycles. The van der Waals surface area contributed by atoms with Crippen molar-refractivity contribution in [2.75, 3.05) is 6.61 Å². The third-order valence-corrected chi connectivity index (χ3v) is 3.70. The summed E-state index contributed by atoms with van der Waals surface area (Å²) in [6.45, 7) is 1.11. The number of rotatable bonds is 4. The van der Waals surface area contributed by atoms with E-state index in [4.69, 9.17) is 14.9 Å². The van der Waals surface area contributed by atoms with Gasteiger partial charge in [-0.05, 0) is 22.9 Å². The molecule has 0 aliphatic rings. The second-order valence-corrected chi connectivity index (χ2v) is 4.99. The van der Waals surface area contributed by atoms with E-state index in [1.807, 2.05) is 0 Å². The van der Waals surface area contributed by atoms with E-state index in [9.17, 15) is 9.59 Å². The minimum Gasteiger partial charge on any atom is -0.480 e. The molecule has 0 bridgehead atoms. The molecule has 0 unspecified atom stereocenters. The summed E-state index contributed by atoms with van der Waals surface area (Å²) in [6.07, 6.45) is 0. The van der Waals surface area contributed by atoms with Gasteiger partial charge in [0, 0.05) is 5.56 Å². The molecule has 1 aromatic rings. The summed E-state index contributed by atoms with van der Waals surface area (Å²) in [6, 6.07) is 0. The van der Waals surface area contributed by atoms with Gasteiger partial charge >= 0.3 is 11.9 Å². The molecule has 0 aliphatic heterocycles. The molecule has 5 nitrogen and oxygen atoms in total. The number of hydrogen-bond acceptors (Lipinski definition) is 4. The third-order valence-electron chi connectivity index (χ3n) is 1.57. The Morgan fingerprint density at radius 2 is 2.07 bits per heavy atom. The van der Waals surface area contributed by atoms with E-state index >= 15 is 0 Å². The molecule has 0 atom stereocenters. The molecule has 0 amide bonds. The first kappa shape index (κ1) is 12.0. The van der Waals surface area contributed by atoms with Crippen molar-refractivity contribution in [3.63, 3.8) is 0 Å². The van der Waals surface area contributed by atoms with Crippen LogP contribution in [0.15, 0.2) is 3.79 Å². The smallest absolute Gasteiger partial charge is 0.349 e. The molecule has 0 aliphatic carbocycles. The lowest BCUT2D eigenvalue weighted by atomic mass is 10.3. The summed E-state index contributed by atoms with van der Waals surface area (Å²) in [4.78, 5) is 21.1. The van der Waals surface area contributed by atoms with Gasteiger partial charge in [0.2, 0.25) is 0 Å². The molecular weight excluding hydrogens is 288 g/mol. The fourth-order valence-electron chi connectivity index (χ4n) is 0.921. The standard InChI is InChI=1S/C8H7BrO5S/c1-3-5(14-2-4(10)11)6(8(12)13)15-7(3)9/h2H2,1H3,(H,10,11)(H,12,13). The molecule has 0 fully saturated rings. The zero-order valence-corrected chi connectivity index (χ0v) is 10.0. The molecule has 15 heavy (non-hydrogen) atoms. The van der Waals surface area contributed by atoms with Gasteiger partial charge in [0.1, 0.15) is 5.75 Å². The Labute approximate surface area is 97.4 Å². The molecule has 2 N–H and O–H groups in total. The van der Waals surface area contributed by atoms with E-state index in [1.54, 1.807) is 6.92 Å². The number of halogens is 1. The van der Waals surface area contributed by atoms with Crippen molar-refractivity contribution < 1.29 is 24.5 Å². The maximum atomic E-state index is 10.8. The van der Waals surface area contributed by atoms with Gasteiger partial charge in [-0.15, -0.1) is 11.3 Å². The molecule has 82 valence electrons.